The summed E-state index contributed by atoms with van der Waals surface area (Å²) in [5, 5.41) is 2.62. The van der Waals surface area contributed by atoms with Crippen LogP contribution in [0.4, 0.5) is 5.69 Å². The van der Waals surface area contributed by atoms with Crippen LogP contribution < -0.4 is 10.0 Å². The van der Waals surface area contributed by atoms with Crippen molar-refractivity contribution in [3.63, 3.8) is 0 Å². The fourth-order valence-electron chi connectivity index (χ4n) is 2.94. The minimum atomic E-state index is -3.57. The lowest BCUT2D eigenvalue weighted by atomic mass is 10.1. The molecule has 2 N–H and O–H groups in total. The summed E-state index contributed by atoms with van der Waals surface area (Å²) in [4.78, 5) is 13.7. The molecule has 2 rings (SSSR count). The molecule has 0 aliphatic carbocycles. The van der Waals surface area contributed by atoms with Gasteiger partial charge in [0.25, 0.3) is 0 Å². The molecule has 0 saturated carbocycles. The quantitative estimate of drug-likeness (QED) is 0.736. The SMILES string of the molecule is CC(=O)Nc1ccc(C)c(S(=O)(=O)NCCCN2CCCCC2)c1. The summed E-state index contributed by atoms with van der Waals surface area (Å²) in [7, 11) is -3.57. The Labute approximate surface area is 144 Å². The lowest BCUT2D eigenvalue weighted by molar-refractivity contribution is -0.114. The Balaban J connectivity index is 1.92. The molecule has 24 heavy (non-hydrogen) atoms. The zero-order chi connectivity index (χ0) is 17.6. The summed E-state index contributed by atoms with van der Waals surface area (Å²) in [5.74, 6) is -0.225. The van der Waals surface area contributed by atoms with Gasteiger partial charge < -0.3 is 10.2 Å². The monoisotopic (exact) mass is 353 g/mol. The molecule has 1 aromatic carbocycles. The standard InChI is InChI=1S/C17H27N3O3S/c1-14-7-8-16(19-15(2)21)13-17(14)24(22,23)18-9-6-12-20-10-4-3-5-11-20/h7-8,13,18H,3-6,9-12H2,1-2H3,(H,19,21). The van der Waals surface area contributed by atoms with Gasteiger partial charge in [-0.1, -0.05) is 12.5 Å². The molecule has 1 aromatic rings. The number of likely N-dealkylation sites (tertiary alicyclic amines) is 1. The van der Waals surface area contributed by atoms with Gasteiger partial charge in [-0.05, 0) is 63.5 Å². The topological polar surface area (TPSA) is 78.5 Å². The van der Waals surface area contributed by atoms with Crippen molar-refractivity contribution >= 4 is 21.6 Å². The number of amides is 1. The van der Waals surface area contributed by atoms with E-state index < -0.39 is 10.0 Å². The van der Waals surface area contributed by atoms with Crippen LogP contribution in [0.1, 0.15) is 38.2 Å². The molecule has 1 fully saturated rings. The second-order valence-corrected chi connectivity index (χ2v) is 8.05. The molecule has 7 heteroatoms. The van der Waals surface area contributed by atoms with Gasteiger partial charge in [0, 0.05) is 19.2 Å². The van der Waals surface area contributed by atoms with Crippen molar-refractivity contribution in [3.05, 3.63) is 23.8 Å². The zero-order valence-electron chi connectivity index (χ0n) is 14.5. The lowest BCUT2D eigenvalue weighted by Crippen LogP contribution is -2.33. The first kappa shape index (κ1) is 18.9. The van der Waals surface area contributed by atoms with Crippen molar-refractivity contribution in [3.8, 4) is 0 Å². The molecule has 0 unspecified atom stereocenters. The van der Waals surface area contributed by atoms with Crippen LogP contribution in [0.15, 0.2) is 23.1 Å². The second-order valence-electron chi connectivity index (χ2n) is 6.32. The van der Waals surface area contributed by atoms with Crippen LogP contribution in [-0.2, 0) is 14.8 Å². The Hall–Kier alpha value is -1.44. The number of piperidine rings is 1. The van der Waals surface area contributed by atoms with E-state index >= 15 is 0 Å². The summed E-state index contributed by atoms with van der Waals surface area (Å²) in [6.07, 6.45) is 4.57. The molecule has 1 heterocycles. The number of anilines is 1. The Morgan fingerprint density at radius 1 is 1.21 bits per heavy atom. The van der Waals surface area contributed by atoms with Crippen LogP contribution in [0.2, 0.25) is 0 Å². The predicted octanol–water partition coefficient (Wildman–Crippen LogP) is 2.11. The largest absolute Gasteiger partial charge is 0.326 e. The number of carbonyl (C=O) groups is 1. The van der Waals surface area contributed by atoms with E-state index in [-0.39, 0.29) is 10.8 Å². The van der Waals surface area contributed by atoms with E-state index in [9.17, 15) is 13.2 Å². The van der Waals surface area contributed by atoms with Gasteiger partial charge in [-0.3, -0.25) is 4.79 Å². The fraction of sp³-hybridized carbons (Fsp3) is 0.588. The number of rotatable bonds is 7. The molecular formula is C17H27N3O3S. The summed E-state index contributed by atoms with van der Waals surface area (Å²) in [5.41, 5.74) is 1.15. The maximum Gasteiger partial charge on any atom is 0.240 e. The number of carbonyl (C=O) groups excluding carboxylic acids is 1. The van der Waals surface area contributed by atoms with Crippen molar-refractivity contribution in [2.75, 3.05) is 31.5 Å². The Morgan fingerprint density at radius 2 is 1.92 bits per heavy atom. The van der Waals surface area contributed by atoms with Crippen LogP contribution in [0, 0.1) is 6.92 Å². The first-order valence-electron chi connectivity index (χ1n) is 8.49. The van der Waals surface area contributed by atoms with E-state index in [2.05, 4.69) is 14.9 Å². The highest BCUT2D eigenvalue weighted by molar-refractivity contribution is 7.89. The smallest absolute Gasteiger partial charge is 0.240 e. The van der Waals surface area contributed by atoms with Gasteiger partial charge in [0.05, 0.1) is 4.90 Å². The molecule has 0 atom stereocenters. The summed E-state index contributed by atoms with van der Waals surface area (Å²) < 4.78 is 27.7. The van der Waals surface area contributed by atoms with Crippen LogP contribution in [0.25, 0.3) is 0 Å². The molecule has 0 bridgehead atoms. The number of sulfonamides is 1. The average molecular weight is 353 g/mol. The molecule has 1 saturated heterocycles. The van der Waals surface area contributed by atoms with E-state index in [0.29, 0.717) is 17.8 Å². The second kappa shape index (κ2) is 8.60. The first-order valence-corrected chi connectivity index (χ1v) is 9.97. The van der Waals surface area contributed by atoms with Gasteiger partial charge in [0.1, 0.15) is 0 Å². The minimum absolute atomic E-state index is 0.215. The number of aryl methyl sites for hydroxylation is 1. The third-order valence-electron chi connectivity index (χ3n) is 4.19. The molecule has 6 nitrogen and oxygen atoms in total. The van der Waals surface area contributed by atoms with E-state index in [1.807, 2.05) is 0 Å². The Bertz CT molecular complexity index is 668. The average Bonchev–Trinajstić information content (AvgIpc) is 2.54. The van der Waals surface area contributed by atoms with Gasteiger partial charge in [0.15, 0.2) is 0 Å². The Kier molecular flexibility index (Phi) is 6.77. The molecule has 1 amide bonds. The Morgan fingerprint density at radius 3 is 2.58 bits per heavy atom. The maximum absolute atomic E-state index is 12.5. The number of nitrogens with zero attached hydrogens (tertiary/aromatic N) is 1. The van der Waals surface area contributed by atoms with Crippen molar-refractivity contribution in [1.82, 2.24) is 9.62 Å². The van der Waals surface area contributed by atoms with Crippen molar-refractivity contribution < 1.29 is 13.2 Å². The summed E-state index contributed by atoms with van der Waals surface area (Å²) in [6, 6.07) is 4.91. The van der Waals surface area contributed by atoms with Crippen molar-refractivity contribution in [1.29, 1.82) is 0 Å². The third-order valence-corrected chi connectivity index (χ3v) is 5.79. The minimum Gasteiger partial charge on any atom is -0.326 e. The van der Waals surface area contributed by atoms with Gasteiger partial charge in [-0.15, -0.1) is 0 Å². The van der Waals surface area contributed by atoms with Crippen molar-refractivity contribution in [2.45, 2.75) is 44.4 Å². The lowest BCUT2D eigenvalue weighted by Gasteiger charge is -2.26. The predicted molar refractivity (Wildman–Crippen MR) is 95.6 cm³/mol. The van der Waals surface area contributed by atoms with Crippen LogP contribution in [-0.4, -0.2) is 45.4 Å². The molecule has 0 radical (unpaired) electrons. The van der Waals surface area contributed by atoms with Crippen LogP contribution in [0.5, 0.6) is 0 Å². The normalized spacial score (nSPS) is 16.1. The van der Waals surface area contributed by atoms with Gasteiger partial charge >= 0.3 is 0 Å². The number of hydrogen-bond donors (Lipinski definition) is 2. The fourth-order valence-corrected chi connectivity index (χ4v) is 4.28. The first-order chi connectivity index (χ1) is 11.4. The number of hydrogen-bond acceptors (Lipinski definition) is 4. The van der Waals surface area contributed by atoms with E-state index in [1.54, 1.807) is 19.1 Å². The van der Waals surface area contributed by atoms with E-state index in [1.165, 1.54) is 32.3 Å². The van der Waals surface area contributed by atoms with Gasteiger partial charge in [0.2, 0.25) is 15.9 Å². The van der Waals surface area contributed by atoms with Crippen LogP contribution in [0.3, 0.4) is 0 Å². The highest BCUT2D eigenvalue weighted by Gasteiger charge is 2.17. The number of nitrogens with one attached hydrogen (secondary N) is 2. The molecule has 134 valence electrons. The van der Waals surface area contributed by atoms with Gasteiger partial charge in [-0.25, -0.2) is 13.1 Å². The van der Waals surface area contributed by atoms with E-state index in [0.717, 1.165) is 26.1 Å². The van der Waals surface area contributed by atoms with Gasteiger partial charge in [-0.2, -0.15) is 0 Å². The molecule has 1 aliphatic heterocycles. The number of benzene rings is 1. The van der Waals surface area contributed by atoms with Crippen molar-refractivity contribution in [2.24, 2.45) is 0 Å². The highest BCUT2D eigenvalue weighted by atomic mass is 32.2. The molecule has 0 spiro atoms. The summed E-state index contributed by atoms with van der Waals surface area (Å²) in [6.45, 7) is 6.72. The third kappa shape index (κ3) is 5.58. The van der Waals surface area contributed by atoms with Crippen LogP contribution >= 0.6 is 0 Å². The molecular weight excluding hydrogens is 326 g/mol. The summed E-state index contributed by atoms with van der Waals surface area (Å²) >= 11 is 0. The zero-order valence-corrected chi connectivity index (χ0v) is 15.3. The van der Waals surface area contributed by atoms with E-state index in [4.69, 9.17) is 0 Å². The molecule has 0 aromatic heterocycles. The highest BCUT2D eigenvalue weighted by Crippen LogP contribution is 2.20. The molecule has 1 aliphatic rings. The maximum atomic E-state index is 12.5.